The van der Waals surface area contributed by atoms with Crippen molar-refractivity contribution in [2.45, 2.75) is 23.6 Å². The zero-order valence-electron chi connectivity index (χ0n) is 23.9. The van der Waals surface area contributed by atoms with Gasteiger partial charge in [-0.3, -0.25) is 19.0 Å². The molecule has 0 aromatic heterocycles. The molecule has 44 heavy (non-hydrogen) atoms. The Morgan fingerprint density at radius 3 is 1.14 bits per heavy atom. The quantitative estimate of drug-likeness (QED) is 0.175. The van der Waals surface area contributed by atoms with Gasteiger partial charge in [0, 0.05) is 22.7 Å². The molecule has 0 spiro atoms. The van der Waals surface area contributed by atoms with Crippen molar-refractivity contribution >= 4 is 54.6 Å². The lowest BCUT2D eigenvalue weighted by Crippen LogP contribution is -2.20. The first kappa shape index (κ1) is 30.5. The third kappa shape index (κ3) is 6.99. The van der Waals surface area contributed by atoms with Crippen LogP contribution >= 0.6 is 0 Å². The van der Waals surface area contributed by atoms with E-state index in [1.54, 1.807) is 48.5 Å². The summed E-state index contributed by atoms with van der Waals surface area (Å²) < 4.78 is 55.5. The first-order chi connectivity index (χ1) is 20.8. The summed E-state index contributed by atoms with van der Waals surface area (Å²) in [5.74, 6) is -2.28. The minimum atomic E-state index is -3.77. The molecule has 0 bridgehead atoms. The van der Waals surface area contributed by atoms with Crippen LogP contribution in [-0.2, 0) is 29.6 Å². The van der Waals surface area contributed by atoms with Gasteiger partial charge in [-0.2, -0.15) is 0 Å². The molecule has 4 N–H and O–H groups in total. The summed E-state index contributed by atoms with van der Waals surface area (Å²) in [6, 6.07) is 25.3. The number of rotatable bonds is 10. The van der Waals surface area contributed by atoms with Gasteiger partial charge in [0.15, 0.2) is 0 Å². The fourth-order valence-corrected chi connectivity index (χ4v) is 6.62. The maximum Gasteiger partial charge on any atom is 0.261 e. The van der Waals surface area contributed by atoms with Crippen molar-refractivity contribution in [3.8, 4) is 0 Å². The number of aryl methyl sites for hydroxylation is 2. The first-order valence-corrected chi connectivity index (χ1v) is 16.5. The predicted octanol–water partition coefficient (Wildman–Crippen LogP) is 5.28. The standard InChI is InChI=1S/C32H30N4O6S2/c1-20-4-16-27(17-5-20)43(39,40)35-25-12-8-23(9-13-25)33-31(37)29-22(3)30(29)32(38)34-24-10-14-26(15-11-24)36-44(41,42)28-18-6-21(2)7-19-28/h4-19,29-30,35-36H,3H2,1-2H3,(H,33,37)(H,34,38)/t29-,30-/m0/s1. The minimum Gasteiger partial charge on any atom is -0.326 e. The number of carbonyl (C=O) groups excluding carboxylic acids is 2. The lowest BCUT2D eigenvalue weighted by atomic mass is 10.2. The number of amides is 2. The van der Waals surface area contributed by atoms with Crippen LogP contribution in [0.1, 0.15) is 11.1 Å². The van der Waals surface area contributed by atoms with E-state index in [-0.39, 0.29) is 9.79 Å². The summed E-state index contributed by atoms with van der Waals surface area (Å²) >= 11 is 0. The lowest BCUT2D eigenvalue weighted by Gasteiger charge is -2.10. The number of hydrogen-bond acceptors (Lipinski definition) is 6. The van der Waals surface area contributed by atoms with Crippen LogP contribution in [-0.4, -0.2) is 28.6 Å². The molecule has 2 atom stereocenters. The molecule has 1 aliphatic rings. The van der Waals surface area contributed by atoms with E-state index in [1.165, 1.54) is 48.5 Å². The maximum atomic E-state index is 12.9. The monoisotopic (exact) mass is 630 g/mol. The number of hydrogen-bond donors (Lipinski definition) is 4. The van der Waals surface area contributed by atoms with Gasteiger partial charge in [0.25, 0.3) is 20.0 Å². The third-order valence-corrected chi connectivity index (χ3v) is 9.85. The van der Waals surface area contributed by atoms with Gasteiger partial charge in [-0.25, -0.2) is 16.8 Å². The normalized spacial score (nSPS) is 16.1. The van der Waals surface area contributed by atoms with Gasteiger partial charge in [-0.05, 0) is 86.6 Å². The molecular weight excluding hydrogens is 601 g/mol. The van der Waals surface area contributed by atoms with Crippen molar-refractivity contribution in [2.24, 2.45) is 11.8 Å². The summed E-state index contributed by atoms with van der Waals surface area (Å²) in [4.78, 5) is 26.0. The zero-order chi connectivity index (χ0) is 31.6. The predicted molar refractivity (Wildman–Crippen MR) is 170 cm³/mol. The van der Waals surface area contributed by atoms with Gasteiger partial charge < -0.3 is 10.6 Å². The Hall–Kier alpha value is -4.94. The minimum absolute atomic E-state index is 0.135. The molecule has 1 fully saturated rings. The molecule has 0 radical (unpaired) electrons. The average Bonchev–Trinajstić information content (AvgIpc) is 3.66. The van der Waals surface area contributed by atoms with Crippen LogP contribution in [0, 0.1) is 25.7 Å². The fourth-order valence-electron chi connectivity index (χ4n) is 4.50. The number of benzene rings is 4. The molecule has 0 unspecified atom stereocenters. The van der Waals surface area contributed by atoms with Gasteiger partial charge in [-0.1, -0.05) is 47.5 Å². The summed E-state index contributed by atoms with van der Waals surface area (Å²) in [6.07, 6.45) is 0. The Bertz CT molecular complexity index is 1800. The average molecular weight is 631 g/mol. The Morgan fingerprint density at radius 2 is 0.818 bits per heavy atom. The Morgan fingerprint density at radius 1 is 0.523 bits per heavy atom. The molecule has 0 saturated heterocycles. The second-order valence-corrected chi connectivity index (χ2v) is 13.9. The van der Waals surface area contributed by atoms with E-state index < -0.39 is 43.7 Å². The molecular formula is C32H30N4O6S2. The van der Waals surface area contributed by atoms with E-state index in [0.29, 0.717) is 28.3 Å². The molecule has 1 aliphatic carbocycles. The largest absolute Gasteiger partial charge is 0.326 e. The number of nitrogens with one attached hydrogen (secondary N) is 4. The lowest BCUT2D eigenvalue weighted by molar-refractivity contribution is -0.122. The van der Waals surface area contributed by atoms with Crippen LogP contribution in [0.5, 0.6) is 0 Å². The van der Waals surface area contributed by atoms with E-state index in [4.69, 9.17) is 0 Å². The van der Waals surface area contributed by atoms with Crippen LogP contribution in [0.3, 0.4) is 0 Å². The second kappa shape index (κ2) is 12.0. The van der Waals surface area contributed by atoms with E-state index in [2.05, 4.69) is 26.7 Å². The van der Waals surface area contributed by atoms with Gasteiger partial charge in [-0.15, -0.1) is 0 Å². The molecule has 0 aliphatic heterocycles. The van der Waals surface area contributed by atoms with Crippen molar-refractivity contribution in [3.63, 3.8) is 0 Å². The van der Waals surface area contributed by atoms with Crippen molar-refractivity contribution in [1.29, 1.82) is 0 Å². The van der Waals surface area contributed by atoms with E-state index in [9.17, 15) is 26.4 Å². The van der Waals surface area contributed by atoms with E-state index >= 15 is 0 Å². The van der Waals surface area contributed by atoms with Crippen LogP contribution in [0.4, 0.5) is 22.7 Å². The molecule has 2 amide bonds. The highest BCUT2D eigenvalue weighted by Crippen LogP contribution is 2.45. The summed E-state index contributed by atoms with van der Waals surface area (Å²) in [7, 11) is -7.53. The van der Waals surface area contributed by atoms with Crippen LogP contribution in [0.2, 0.25) is 0 Å². The number of anilines is 4. The SMILES string of the molecule is C=C1[C@H](C(=O)Nc2ccc(NS(=O)(=O)c3ccc(C)cc3)cc2)[C@H]1C(=O)Nc1ccc(NS(=O)(=O)c2ccc(C)cc2)cc1. The molecule has 4 aromatic rings. The molecule has 4 aromatic carbocycles. The smallest absolute Gasteiger partial charge is 0.261 e. The number of carbonyl (C=O) groups is 2. The summed E-state index contributed by atoms with van der Waals surface area (Å²) in [5, 5.41) is 5.47. The van der Waals surface area contributed by atoms with Gasteiger partial charge in [0.2, 0.25) is 11.8 Å². The molecule has 0 heterocycles. The summed E-state index contributed by atoms with van der Waals surface area (Å²) in [5.41, 5.74) is 3.85. The Kier molecular flexibility index (Phi) is 8.31. The molecule has 1 saturated carbocycles. The highest BCUT2D eigenvalue weighted by atomic mass is 32.2. The Balaban J connectivity index is 1.14. The zero-order valence-corrected chi connectivity index (χ0v) is 25.5. The molecule has 12 heteroatoms. The highest BCUT2D eigenvalue weighted by molar-refractivity contribution is 7.93. The van der Waals surface area contributed by atoms with Crippen molar-refractivity contribution in [1.82, 2.24) is 0 Å². The topological polar surface area (TPSA) is 151 Å². The van der Waals surface area contributed by atoms with Crippen LogP contribution < -0.4 is 20.1 Å². The summed E-state index contributed by atoms with van der Waals surface area (Å²) in [6.45, 7) is 7.59. The van der Waals surface area contributed by atoms with Crippen LogP contribution in [0.25, 0.3) is 0 Å². The van der Waals surface area contributed by atoms with E-state index in [0.717, 1.165) is 11.1 Å². The molecule has 10 nitrogen and oxygen atoms in total. The fraction of sp³-hybridized carbons (Fsp3) is 0.125. The first-order valence-electron chi connectivity index (χ1n) is 13.5. The highest BCUT2D eigenvalue weighted by Gasteiger charge is 2.52. The van der Waals surface area contributed by atoms with Crippen molar-refractivity contribution < 1.29 is 26.4 Å². The van der Waals surface area contributed by atoms with Gasteiger partial charge in [0.1, 0.15) is 0 Å². The second-order valence-electron chi connectivity index (χ2n) is 10.5. The molecule has 5 rings (SSSR count). The van der Waals surface area contributed by atoms with Crippen LogP contribution in [0.15, 0.2) is 119 Å². The van der Waals surface area contributed by atoms with E-state index in [1.807, 2.05) is 13.8 Å². The van der Waals surface area contributed by atoms with Gasteiger partial charge in [0.05, 0.1) is 21.6 Å². The van der Waals surface area contributed by atoms with Gasteiger partial charge >= 0.3 is 0 Å². The maximum absolute atomic E-state index is 12.9. The Labute approximate surface area is 256 Å². The van der Waals surface area contributed by atoms with Crippen molar-refractivity contribution in [2.75, 3.05) is 20.1 Å². The third-order valence-electron chi connectivity index (χ3n) is 7.06. The van der Waals surface area contributed by atoms with Crippen molar-refractivity contribution in [3.05, 3.63) is 120 Å². The number of sulfonamides is 2. The molecule has 226 valence electrons.